The molecule has 20 heavy (non-hydrogen) atoms. The Labute approximate surface area is 119 Å². The maximum absolute atomic E-state index is 8.49. The van der Waals surface area contributed by atoms with E-state index in [9.17, 15) is 0 Å². The summed E-state index contributed by atoms with van der Waals surface area (Å²) in [7, 11) is -4.94. The Bertz CT molecular complexity index is 540. The van der Waals surface area contributed by atoms with E-state index in [0.29, 0.717) is 0 Å². The fourth-order valence-electron chi connectivity index (χ4n) is 2.42. The Hall–Kier alpha value is -1.24. The molecule has 6 heteroatoms. The lowest BCUT2D eigenvalue weighted by Crippen LogP contribution is -2.68. The zero-order chi connectivity index (χ0) is 14.6. The fourth-order valence-corrected chi connectivity index (χ4v) is 2.42. The Morgan fingerprint density at radius 3 is 1.80 bits per heavy atom. The molecule has 3 rings (SSSR count). The Kier molecular flexibility index (Phi) is 4.91. The molecule has 0 amide bonds. The quantitative estimate of drug-likeness (QED) is 0.549. The van der Waals surface area contributed by atoms with Crippen LogP contribution >= 0.6 is 0 Å². The molecule has 0 radical (unpaired) electrons. The summed E-state index contributed by atoms with van der Waals surface area (Å²) < 4.78 is 34.0. The van der Waals surface area contributed by atoms with Crippen LogP contribution < -0.4 is 29.0 Å². The highest BCUT2D eigenvalue weighted by Crippen LogP contribution is 2.20. The van der Waals surface area contributed by atoms with E-state index in [0.717, 1.165) is 0 Å². The van der Waals surface area contributed by atoms with Crippen molar-refractivity contribution in [2.75, 3.05) is 0 Å². The lowest BCUT2D eigenvalue weighted by atomic mass is 10.2. The van der Waals surface area contributed by atoms with Gasteiger partial charge < -0.3 is 0 Å². The molecular formula is C14H16ClNO4. The number of rotatable bonds is 1. The minimum Gasteiger partial charge on any atom is -0.222 e. The van der Waals surface area contributed by atoms with Gasteiger partial charge in [0.05, 0.1) is 0 Å². The largest absolute Gasteiger partial charge is 0.222 e. The van der Waals surface area contributed by atoms with Gasteiger partial charge in [-0.15, -0.1) is 10.2 Å². The predicted molar refractivity (Wildman–Crippen MR) is 60.3 cm³/mol. The number of nitrogens with one attached hydrogen (secondary N) is 1. The molecule has 1 aliphatic carbocycles. The second-order valence-corrected chi connectivity index (χ2v) is 5.52. The van der Waals surface area contributed by atoms with Crippen LogP contribution in [0.25, 0.3) is 0 Å². The third kappa shape index (κ3) is 5.03. The zero-order valence-corrected chi connectivity index (χ0v) is 11.7. The summed E-state index contributed by atoms with van der Waals surface area (Å²) in [5, 5.41) is 1.45. The third-order valence-electron chi connectivity index (χ3n) is 3.30. The van der Waals surface area contributed by atoms with Gasteiger partial charge in [-0.1, -0.05) is 24.6 Å². The summed E-state index contributed by atoms with van der Waals surface area (Å²) in [6, 6.07) is 10.5. The van der Waals surface area contributed by atoms with Crippen molar-refractivity contribution >= 4 is 5.69 Å². The van der Waals surface area contributed by atoms with Crippen LogP contribution in [0, 0.1) is 10.2 Å². The molecule has 5 nitrogen and oxygen atoms in total. The van der Waals surface area contributed by atoms with Crippen LogP contribution in [-0.4, -0.2) is 0 Å². The number of hydrogen-bond donors (Lipinski definition) is 1. The van der Waals surface area contributed by atoms with Crippen LogP contribution in [-0.2, 0) is 12.8 Å². The van der Waals surface area contributed by atoms with E-state index in [1.807, 2.05) is 0 Å². The molecule has 0 bridgehead atoms. The van der Waals surface area contributed by atoms with E-state index in [4.69, 9.17) is 18.6 Å². The van der Waals surface area contributed by atoms with Gasteiger partial charge in [-0.3, -0.25) is 0 Å². The second-order valence-electron chi connectivity index (χ2n) is 4.76. The lowest BCUT2D eigenvalue weighted by molar-refractivity contribution is -2.00. The molecular weight excluding hydrogens is 282 g/mol. The Morgan fingerprint density at radius 1 is 0.800 bits per heavy atom. The first-order valence-corrected chi connectivity index (χ1v) is 7.72. The van der Waals surface area contributed by atoms with E-state index >= 15 is 0 Å². The van der Waals surface area contributed by atoms with Crippen LogP contribution in [0.15, 0.2) is 30.3 Å². The van der Waals surface area contributed by atoms with Gasteiger partial charge in [0.25, 0.3) is 0 Å². The lowest BCUT2D eigenvalue weighted by Gasteiger charge is -2.17. The zero-order valence-electron chi connectivity index (χ0n) is 10.9. The first kappa shape index (κ1) is 15.2. The Balaban J connectivity index is 0.000000257. The second kappa shape index (κ2) is 6.47. The van der Waals surface area contributed by atoms with Crippen LogP contribution in [0.4, 0.5) is 5.69 Å². The minimum absolute atomic E-state index is 1.22. The summed E-state index contributed by atoms with van der Waals surface area (Å²) >= 11 is 0. The molecule has 1 aliphatic rings. The molecule has 0 fully saturated rings. The van der Waals surface area contributed by atoms with Crippen molar-refractivity contribution in [1.82, 2.24) is 0 Å². The number of hydrogen-bond acceptors (Lipinski definition) is 4. The van der Waals surface area contributed by atoms with E-state index in [1.165, 1.54) is 43.1 Å². The third-order valence-corrected chi connectivity index (χ3v) is 3.30. The highest BCUT2D eigenvalue weighted by molar-refractivity contribution is 5.38. The molecule has 0 unspecified atom stereocenters. The predicted octanol–water partition coefficient (Wildman–Crippen LogP) is -3.61. The standard InChI is InChI=1S/C14H15N.ClHO4/c1-3-7-11(8-4-1)15-14-12-9-5-2-6-10-13(12)14;2-1(3,4)5/h1,3-4,7-8H,2,5-6,9-10H2;(H,2,3,4,5). The highest BCUT2D eigenvalue weighted by atomic mass is 35.7. The summed E-state index contributed by atoms with van der Waals surface area (Å²) in [4.78, 5) is 3.53. The average Bonchev–Trinajstić information content (AvgIpc) is 3.05. The van der Waals surface area contributed by atoms with Gasteiger partial charge in [0.15, 0.2) is 0 Å². The number of fused-ring (bicyclic) bond motifs is 1. The van der Waals surface area contributed by atoms with Gasteiger partial charge in [0.1, 0.15) is 0 Å². The molecule has 0 atom stereocenters. The summed E-state index contributed by atoms with van der Waals surface area (Å²) in [6.07, 6.45) is 6.75. The molecule has 0 spiro atoms. The number of halogens is 1. The van der Waals surface area contributed by atoms with Crippen LogP contribution in [0.1, 0.15) is 30.4 Å². The molecule has 0 saturated heterocycles. The van der Waals surface area contributed by atoms with E-state index in [2.05, 4.69) is 35.3 Å². The first-order chi connectivity index (χ1) is 9.45. The van der Waals surface area contributed by atoms with Crippen molar-refractivity contribution in [3.05, 3.63) is 46.8 Å². The van der Waals surface area contributed by atoms with Crippen molar-refractivity contribution in [3.63, 3.8) is 0 Å². The molecule has 1 N–H and O–H groups in total. The number of benzene rings is 1. The maximum Gasteiger partial charge on any atom is 0.211 e. The number of para-hydroxylation sites is 1. The van der Waals surface area contributed by atoms with Crippen molar-refractivity contribution < 1.29 is 33.9 Å². The minimum atomic E-state index is -4.94. The molecule has 0 heterocycles. The van der Waals surface area contributed by atoms with Crippen LogP contribution in [0.3, 0.4) is 0 Å². The highest BCUT2D eigenvalue weighted by Gasteiger charge is 2.26. The summed E-state index contributed by atoms with van der Waals surface area (Å²) in [6.45, 7) is 0. The Morgan fingerprint density at radius 2 is 1.30 bits per heavy atom. The molecule has 2 aromatic rings. The smallest absolute Gasteiger partial charge is 0.211 e. The molecule has 2 aromatic carbocycles. The molecule has 0 aliphatic heterocycles. The maximum atomic E-state index is 8.49. The van der Waals surface area contributed by atoms with Gasteiger partial charge >= 0.3 is 0 Å². The van der Waals surface area contributed by atoms with Gasteiger partial charge in [0, 0.05) is 23.3 Å². The van der Waals surface area contributed by atoms with Crippen molar-refractivity contribution in [2.24, 2.45) is 0 Å². The van der Waals surface area contributed by atoms with Gasteiger partial charge in [-0.2, -0.15) is 0 Å². The first-order valence-electron chi connectivity index (χ1n) is 6.49. The van der Waals surface area contributed by atoms with Gasteiger partial charge in [0.2, 0.25) is 11.0 Å². The van der Waals surface area contributed by atoms with E-state index in [1.54, 1.807) is 11.1 Å². The van der Waals surface area contributed by atoms with Crippen molar-refractivity contribution in [2.45, 2.75) is 32.1 Å². The summed E-state index contributed by atoms with van der Waals surface area (Å²) in [5.41, 5.74) is 4.47. The molecule has 0 saturated carbocycles. The topological polar surface area (TPSA) is 106 Å². The van der Waals surface area contributed by atoms with E-state index < -0.39 is 10.2 Å². The van der Waals surface area contributed by atoms with Crippen LogP contribution in [0.5, 0.6) is 0 Å². The monoisotopic (exact) mass is 297 g/mol. The SMILES string of the molecule is [O-][Cl+3]([O-])([O-])[O-].c1ccc([NH+]=c2c3c2CCCCC3)cc1. The average molecular weight is 298 g/mol. The molecule has 108 valence electrons. The fraction of sp³-hybridized carbons (Fsp3) is 0.357. The van der Waals surface area contributed by atoms with Crippen LogP contribution in [0.2, 0.25) is 0 Å². The molecule has 0 aromatic heterocycles. The van der Waals surface area contributed by atoms with Crippen molar-refractivity contribution in [3.8, 4) is 0 Å². The summed E-state index contributed by atoms with van der Waals surface area (Å²) in [5.74, 6) is 0. The van der Waals surface area contributed by atoms with E-state index in [-0.39, 0.29) is 0 Å². The van der Waals surface area contributed by atoms with Gasteiger partial charge in [-0.05, 0) is 25.7 Å². The van der Waals surface area contributed by atoms with Crippen molar-refractivity contribution in [1.29, 1.82) is 0 Å². The van der Waals surface area contributed by atoms with Gasteiger partial charge in [-0.25, -0.2) is 23.6 Å². The normalized spacial score (nSPS) is 15.0.